The Morgan fingerprint density at radius 1 is 0.931 bits per heavy atom. The van der Waals surface area contributed by atoms with Crippen molar-refractivity contribution in [2.75, 3.05) is 6.61 Å². The molecule has 6 heteroatoms. The summed E-state index contributed by atoms with van der Waals surface area (Å²) in [7, 11) is 0. The second-order valence-corrected chi connectivity index (χ2v) is 6.97. The van der Waals surface area contributed by atoms with Crippen LogP contribution in [0.5, 0.6) is 17.2 Å². The molecule has 2 atom stereocenters. The van der Waals surface area contributed by atoms with Gasteiger partial charge in [-0.3, -0.25) is 4.79 Å². The Morgan fingerprint density at radius 2 is 1.59 bits per heavy atom. The highest BCUT2D eigenvalue weighted by Crippen LogP contribution is 2.39. The summed E-state index contributed by atoms with van der Waals surface area (Å²) in [5, 5.41) is 8.92. The Kier molecular flexibility index (Phi) is 5.16. The van der Waals surface area contributed by atoms with E-state index in [0.29, 0.717) is 41.4 Å². The molecule has 0 heterocycles. The summed E-state index contributed by atoms with van der Waals surface area (Å²) in [5.41, 5.74) is 1.01. The van der Waals surface area contributed by atoms with Crippen molar-refractivity contribution in [2.24, 2.45) is 11.8 Å². The zero-order valence-electron chi connectivity index (χ0n) is 15.3. The van der Waals surface area contributed by atoms with Gasteiger partial charge < -0.3 is 14.6 Å². The smallest absolute Gasteiger partial charge is 0.306 e. The van der Waals surface area contributed by atoms with Crippen LogP contribution in [-0.2, 0) is 4.79 Å². The molecule has 0 bridgehead atoms. The molecule has 3 aromatic rings. The molecule has 4 nitrogen and oxygen atoms in total. The third-order valence-corrected chi connectivity index (χ3v) is 4.86. The number of ether oxygens (including phenoxy) is 2. The molecule has 1 saturated carbocycles. The van der Waals surface area contributed by atoms with Crippen LogP contribution in [0.15, 0.2) is 66.7 Å². The molecule has 0 saturated heterocycles. The second-order valence-electron chi connectivity index (χ2n) is 6.97. The zero-order valence-corrected chi connectivity index (χ0v) is 15.3. The third kappa shape index (κ3) is 4.54. The lowest BCUT2D eigenvalue weighted by atomic mass is 10.0. The van der Waals surface area contributed by atoms with Crippen LogP contribution in [0, 0.1) is 23.5 Å². The first-order valence-electron chi connectivity index (χ1n) is 9.18. The SMILES string of the molecule is O=C(O)C1CC1COc1ccc(-c2cc(Oc3ccc(F)cc3)ccc2F)cc1. The molecule has 148 valence electrons. The topological polar surface area (TPSA) is 55.8 Å². The van der Waals surface area contributed by atoms with Crippen LogP contribution in [0.4, 0.5) is 8.78 Å². The van der Waals surface area contributed by atoms with Gasteiger partial charge in [0.1, 0.15) is 28.9 Å². The van der Waals surface area contributed by atoms with Crippen molar-refractivity contribution in [3.8, 4) is 28.4 Å². The molecule has 0 aromatic heterocycles. The van der Waals surface area contributed by atoms with Gasteiger partial charge >= 0.3 is 5.97 Å². The van der Waals surface area contributed by atoms with E-state index in [4.69, 9.17) is 14.6 Å². The lowest BCUT2D eigenvalue weighted by Crippen LogP contribution is -2.06. The summed E-state index contributed by atoms with van der Waals surface area (Å²) < 4.78 is 38.6. The van der Waals surface area contributed by atoms with Gasteiger partial charge in [0.05, 0.1) is 12.5 Å². The molecule has 3 aromatic carbocycles. The van der Waals surface area contributed by atoms with Crippen molar-refractivity contribution >= 4 is 5.97 Å². The van der Waals surface area contributed by atoms with Crippen LogP contribution >= 0.6 is 0 Å². The molecule has 29 heavy (non-hydrogen) atoms. The van der Waals surface area contributed by atoms with Crippen molar-refractivity contribution < 1.29 is 28.2 Å². The predicted octanol–water partition coefficient (Wildman–Crippen LogP) is 5.52. The number of hydrogen-bond acceptors (Lipinski definition) is 3. The summed E-state index contributed by atoms with van der Waals surface area (Å²) in [5.74, 6) is -0.325. The Bertz CT molecular complexity index is 1020. The zero-order chi connectivity index (χ0) is 20.4. The number of carbonyl (C=O) groups is 1. The molecule has 2 unspecified atom stereocenters. The number of hydrogen-bond donors (Lipinski definition) is 1. The van der Waals surface area contributed by atoms with Gasteiger partial charge in [-0.25, -0.2) is 8.78 Å². The highest BCUT2D eigenvalue weighted by atomic mass is 19.1. The fraction of sp³-hybridized carbons (Fsp3) is 0.174. The summed E-state index contributed by atoms with van der Waals surface area (Å²) in [6.07, 6.45) is 0.638. The average molecular weight is 396 g/mol. The first-order chi connectivity index (χ1) is 14.0. The first kappa shape index (κ1) is 18.9. The largest absolute Gasteiger partial charge is 0.493 e. The maximum Gasteiger partial charge on any atom is 0.306 e. The van der Waals surface area contributed by atoms with E-state index in [9.17, 15) is 13.6 Å². The highest BCUT2D eigenvalue weighted by molar-refractivity contribution is 5.73. The van der Waals surface area contributed by atoms with E-state index in [2.05, 4.69) is 0 Å². The van der Waals surface area contributed by atoms with Crippen LogP contribution < -0.4 is 9.47 Å². The summed E-state index contributed by atoms with van der Waals surface area (Å²) in [4.78, 5) is 10.9. The van der Waals surface area contributed by atoms with E-state index in [1.54, 1.807) is 30.3 Å². The number of aliphatic carboxylic acids is 1. The van der Waals surface area contributed by atoms with Gasteiger partial charge in [-0.1, -0.05) is 12.1 Å². The average Bonchev–Trinajstić information content (AvgIpc) is 3.50. The minimum Gasteiger partial charge on any atom is -0.493 e. The summed E-state index contributed by atoms with van der Waals surface area (Å²) >= 11 is 0. The number of carboxylic acid groups (broad SMARTS) is 1. The van der Waals surface area contributed by atoms with Gasteiger partial charge in [0.15, 0.2) is 0 Å². The molecule has 1 N–H and O–H groups in total. The van der Waals surface area contributed by atoms with Gasteiger partial charge in [0.2, 0.25) is 0 Å². The molecule has 0 spiro atoms. The fourth-order valence-corrected chi connectivity index (χ4v) is 3.10. The van der Waals surface area contributed by atoms with Crippen molar-refractivity contribution in [1.82, 2.24) is 0 Å². The van der Waals surface area contributed by atoms with E-state index in [1.165, 1.54) is 36.4 Å². The predicted molar refractivity (Wildman–Crippen MR) is 103 cm³/mol. The molecule has 1 aliphatic carbocycles. The Labute approximate surface area is 166 Å². The molecule has 0 amide bonds. The maximum atomic E-state index is 14.3. The van der Waals surface area contributed by atoms with Crippen molar-refractivity contribution in [3.05, 3.63) is 78.4 Å². The van der Waals surface area contributed by atoms with Crippen molar-refractivity contribution in [3.63, 3.8) is 0 Å². The second kappa shape index (κ2) is 7.91. The summed E-state index contributed by atoms with van der Waals surface area (Å²) in [6.45, 7) is 0.353. The number of rotatable bonds is 7. The normalized spacial score (nSPS) is 17.6. The quantitative estimate of drug-likeness (QED) is 0.571. The third-order valence-electron chi connectivity index (χ3n) is 4.86. The van der Waals surface area contributed by atoms with Crippen LogP contribution in [0.2, 0.25) is 0 Å². The fourth-order valence-electron chi connectivity index (χ4n) is 3.10. The van der Waals surface area contributed by atoms with E-state index in [-0.39, 0.29) is 17.7 Å². The Balaban J connectivity index is 1.44. The maximum absolute atomic E-state index is 14.3. The molecule has 0 radical (unpaired) electrons. The minimum absolute atomic E-state index is 0.0462. The standard InChI is InChI=1S/C23H18F2O4/c24-16-3-7-18(8-4-16)29-19-9-10-22(25)20(12-19)14-1-5-17(6-2-14)28-13-15-11-21(15)23(26)27/h1-10,12,15,21H,11,13H2,(H,26,27). The Hall–Kier alpha value is -3.41. The van der Waals surface area contributed by atoms with Crippen molar-refractivity contribution in [1.29, 1.82) is 0 Å². The van der Waals surface area contributed by atoms with E-state index in [1.807, 2.05) is 0 Å². The molecular weight excluding hydrogens is 378 g/mol. The van der Waals surface area contributed by atoms with E-state index < -0.39 is 11.8 Å². The summed E-state index contributed by atoms with van der Waals surface area (Å²) in [6, 6.07) is 16.9. The van der Waals surface area contributed by atoms with Gasteiger partial charge in [-0.2, -0.15) is 0 Å². The van der Waals surface area contributed by atoms with Crippen molar-refractivity contribution in [2.45, 2.75) is 6.42 Å². The molecular formula is C23H18F2O4. The van der Waals surface area contributed by atoms with Crippen LogP contribution in [0.25, 0.3) is 11.1 Å². The Morgan fingerprint density at radius 3 is 2.24 bits per heavy atom. The van der Waals surface area contributed by atoms with Crippen LogP contribution in [0.3, 0.4) is 0 Å². The number of halogens is 2. The monoisotopic (exact) mass is 396 g/mol. The van der Waals surface area contributed by atoms with Gasteiger partial charge in [0.25, 0.3) is 0 Å². The lowest BCUT2D eigenvalue weighted by Gasteiger charge is -2.10. The van der Waals surface area contributed by atoms with E-state index >= 15 is 0 Å². The molecule has 1 aliphatic rings. The minimum atomic E-state index is -0.785. The molecule has 0 aliphatic heterocycles. The van der Waals surface area contributed by atoms with E-state index in [0.717, 1.165) is 0 Å². The molecule has 4 rings (SSSR count). The first-order valence-corrected chi connectivity index (χ1v) is 9.18. The van der Waals surface area contributed by atoms with Gasteiger partial charge in [-0.05, 0) is 66.6 Å². The highest BCUT2D eigenvalue weighted by Gasteiger charge is 2.43. The lowest BCUT2D eigenvalue weighted by molar-refractivity contribution is -0.138. The van der Waals surface area contributed by atoms with Gasteiger partial charge in [0, 0.05) is 11.5 Å². The van der Waals surface area contributed by atoms with Crippen LogP contribution in [-0.4, -0.2) is 17.7 Å². The van der Waals surface area contributed by atoms with Crippen LogP contribution in [0.1, 0.15) is 6.42 Å². The number of benzene rings is 3. The van der Waals surface area contributed by atoms with Gasteiger partial charge in [-0.15, -0.1) is 0 Å². The number of carboxylic acids is 1. The molecule has 1 fully saturated rings.